The van der Waals surface area contributed by atoms with Crippen LogP contribution in [0.3, 0.4) is 0 Å². The summed E-state index contributed by atoms with van der Waals surface area (Å²) in [6.45, 7) is 11.0. The highest BCUT2D eigenvalue weighted by Crippen LogP contribution is 2.46. The first kappa shape index (κ1) is 25.0. The zero-order valence-electron chi connectivity index (χ0n) is 22.0. The summed E-state index contributed by atoms with van der Waals surface area (Å²) in [6, 6.07) is 1.85. The second-order valence-electron chi connectivity index (χ2n) is 10.7. The van der Waals surface area contributed by atoms with Crippen molar-refractivity contribution in [3.8, 4) is 17.0 Å². The summed E-state index contributed by atoms with van der Waals surface area (Å²) in [5.74, 6) is 0.374. The Morgan fingerprint density at radius 1 is 1.26 bits per heavy atom. The molecule has 0 N–H and O–H groups in total. The van der Waals surface area contributed by atoms with Crippen molar-refractivity contribution in [1.82, 2.24) is 24.1 Å². The van der Waals surface area contributed by atoms with Crippen LogP contribution in [0.4, 0.5) is 4.79 Å². The van der Waals surface area contributed by atoms with E-state index in [1.165, 1.54) is 17.7 Å². The summed E-state index contributed by atoms with van der Waals surface area (Å²) in [4.78, 5) is 23.8. The van der Waals surface area contributed by atoms with Gasteiger partial charge in [-0.25, -0.2) is 23.8 Å². The third kappa shape index (κ3) is 4.18. The summed E-state index contributed by atoms with van der Waals surface area (Å²) in [7, 11) is 1.58. The van der Waals surface area contributed by atoms with Crippen LogP contribution in [0.5, 0.6) is 5.75 Å². The Balaban J connectivity index is 1.49. The molecule has 2 aliphatic rings. The van der Waals surface area contributed by atoms with E-state index in [0.29, 0.717) is 35.9 Å². The lowest BCUT2D eigenvalue weighted by Crippen LogP contribution is -2.34. The molecule has 0 amide bonds. The minimum Gasteiger partial charge on any atom is -0.493 e. The smallest absolute Gasteiger partial charge is 0.420 e. The maximum absolute atomic E-state index is 13.7. The van der Waals surface area contributed by atoms with Gasteiger partial charge in [-0.15, -0.1) is 0 Å². The fourth-order valence-corrected chi connectivity index (χ4v) is 6.64. The van der Waals surface area contributed by atoms with Crippen molar-refractivity contribution < 1.29 is 23.7 Å². The Morgan fingerprint density at radius 2 is 2.00 bits per heavy atom. The molecule has 0 radical (unpaired) electrons. The normalized spacial score (nSPS) is 18.0. The topological polar surface area (TPSA) is 102 Å². The van der Waals surface area contributed by atoms with E-state index in [1.807, 2.05) is 33.0 Å². The molecule has 0 bridgehead atoms. The van der Waals surface area contributed by atoms with Crippen molar-refractivity contribution in [2.24, 2.45) is 0 Å². The monoisotopic (exact) mass is 537 g/mol. The van der Waals surface area contributed by atoms with Gasteiger partial charge in [-0.05, 0) is 39.7 Å². The van der Waals surface area contributed by atoms with Gasteiger partial charge in [0.2, 0.25) is 0 Å². The van der Waals surface area contributed by atoms with E-state index < -0.39 is 17.5 Å². The van der Waals surface area contributed by atoms with Gasteiger partial charge in [0.1, 0.15) is 22.3 Å². The van der Waals surface area contributed by atoms with Crippen LogP contribution in [0, 0.1) is 0 Å². The van der Waals surface area contributed by atoms with Crippen LogP contribution in [0.1, 0.15) is 62.9 Å². The molecule has 38 heavy (non-hydrogen) atoms. The van der Waals surface area contributed by atoms with Gasteiger partial charge in [-0.1, -0.05) is 24.0 Å². The van der Waals surface area contributed by atoms with Crippen LogP contribution in [-0.4, -0.2) is 62.0 Å². The van der Waals surface area contributed by atoms with Gasteiger partial charge >= 0.3 is 6.09 Å². The Bertz CT molecular complexity index is 1530. The number of pyridine rings is 1. The Kier molecular flexibility index (Phi) is 6.04. The molecule has 11 heteroatoms. The highest BCUT2D eigenvalue weighted by Gasteiger charge is 2.41. The van der Waals surface area contributed by atoms with Crippen molar-refractivity contribution in [2.45, 2.75) is 63.8 Å². The highest BCUT2D eigenvalue weighted by molar-refractivity contribution is 7.18. The number of carbonyl (C=O) groups excluding carboxylic acids is 1. The molecule has 200 valence electrons. The molecule has 1 aliphatic carbocycles. The van der Waals surface area contributed by atoms with Crippen LogP contribution in [0.25, 0.3) is 33.3 Å². The maximum atomic E-state index is 13.7. The first-order valence-electron chi connectivity index (χ1n) is 12.8. The number of nitrogens with zero attached hydrogens (tertiary/aromatic N) is 5. The van der Waals surface area contributed by atoms with Gasteiger partial charge in [-0.2, -0.15) is 5.10 Å². The Labute approximate surface area is 224 Å². The zero-order chi connectivity index (χ0) is 26.7. The summed E-state index contributed by atoms with van der Waals surface area (Å²) in [5.41, 5.74) is 2.72. The molecule has 10 nitrogen and oxygen atoms in total. The van der Waals surface area contributed by atoms with Crippen LogP contribution < -0.4 is 4.74 Å². The van der Waals surface area contributed by atoms with E-state index in [2.05, 4.69) is 16.7 Å². The average Bonchev–Trinajstić information content (AvgIpc) is 3.66. The lowest BCUT2D eigenvalue weighted by molar-refractivity contribution is -0.178. The SMILES string of the molecule is C=Cc1c(-c2cc(OC)c3ncnn3c2)n(C(=O)OC(C)(C)C)c2sc(C3CCC4(CC3)OCCO4)nc12. The number of rotatable bonds is 4. The minimum absolute atomic E-state index is 0.269. The third-order valence-corrected chi connectivity index (χ3v) is 8.29. The molecule has 0 aromatic carbocycles. The second kappa shape index (κ2) is 9.18. The predicted octanol–water partition coefficient (Wildman–Crippen LogP) is 5.64. The molecule has 1 spiro atoms. The number of hydrogen-bond donors (Lipinski definition) is 0. The molecule has 0 atom stereocenters. The molecule has 4 aromatic rings. The minimum atomic E-state index is -0.681. The molecular formula is C27H31N5O5S. The van der Waals surface area contributed by atoms with Crippen molar-refractivity contribution in [2.75, 3.05) is 20.3 Å². The molecule has 5 heterocycles. The first-order valence-corrected chi connectivity index (χ1v) is 13.6. The number of hydrogen-bond acceptors (Lipinski definition) is 9. The quantitative estimate of drug-likeness (QED) is 0.329. The Hall–Kier alpha value is -3.28. The number of thiazole rings is 1. The molecule has 1 saturated heterocycles. The highest BCUT2D eigenvalue weighted by atomic mass is 32.1. The number of methoxy groups -OCH3 is 1. The van der Waals surface area contributed by atoms with Gasteiger partial charge in [-0.3, -0.25) is 0 Å². The molecule has 6 rings (SSSR count). The molecule has 2 fully saturated rings. The summed E-state index contributed by atoms with van der Waals surface area (Å²) in [5, 5.41) is 5.29. The number of fused-ring (bicyclic) bond motifs is 2. The van der Waals surface area contributed by atoms with Crippen LogP contribution in [0.15, 0.2) is 25.2 Å². The van der Waals surface area contributed by atoms with Crippen molar-refractivity contribution in [3.63, 3.8) is 0 Å². The van der Waals surface area contributed by atoms with Crippen molar-refractivity contribution >= 4 is 39.5 Å². The first-order chi connectivity index (χ1) is 18.2. The number of ether oxygens (including phenoxy) is 4. The van der Waals surface area contributed by atoms with E-state index in [9.17, 15) is 4.79 Å². The summed E-state index contributed by atoms with van der Waals surface area (Å²) in [6.07, 6.45) is 8.06. The molecule has 1 saturated carbocycles. The van der Waals surface area contributed by atoms with E-state index in [4.69, 9.17) is 23.9 Å². The number of aromatic nitrogens is 5. The second-order valence-corrected chi connectivity index (χ2v) is 11.7. The Morgan fingerprint density at radius 3 is 2.66 bits per heavy atom. The average molecular weight is 538 g/mol. The van der Waals surface area contributed by atoms with Gasteiger partial charge in [0.05, 0.1) is 31.0 Å². The van der Waals surface area contributed by atoms with E-state index in [0.717, 1.165) is 46.6 Å². The lowest BCUT2D eigenvalue weighted by Gasteiger charge is -2.34. The van der Waals surface area contributed by atoms with E-state index >= 15 is 0 Å². The van der Waals surface area contributed by atoms with Crippen LogP contribution in [0.2, 0.25) is 0 Å². The van der Waals surface area contributed by atoms with Crippen molar-refractivity contribution in [1.29, 1.82) is 0 Å². The maximum Gasteiger partial charge on any atom is 0.420 e. The lowest BCUT2D eigenvalue weighted by atomic mass is 9.85. The largest absolute Gasteiger partial charge is 0.493 e. The fourth-order valence-electron chi connectivity index (χ4n) is 5.39. The summed E-state index contributed by atoms with van der Waals surface area (Å²) >= 11 is 1.53. The summed E-state index contributed by atoms with van der Waals surface area (Å²) < 4.78 is 26.5. The van der Waals surface area contributed by atoms with Crippen LogP contribution in [-0.2, 0) is 14.2 Å². The van der Waals surface area contributed by atoms with Gasteiger partial charge in [0.25, 0.3) is 0 Å². The molecule has 4 aromatic heterocycles. The molecule has 0 unspecified atom stereocenters. The molecule has 1 aliphatic heterocycles. The van der Waals surface area contributed by atoms with Crippen LogP contribution >= 0.6 is 11.3 Å². The van der Waals surface area contributed by atoms with Crippen molar-refractivity contribution in [3.05, 3.63) is 35.7 Å². The van der Waals surface area contributed by atoms with Gasteiger partial charge < -0.3 is 18.9 Å². The van der Waals surface area contributed by atoms with Gasteiger partial charge in [0.15, 0.2) is 17.2 Å². The fraction of sp³-hybridized carbons (Fsp3) is 0.481. The van der Waals surface area contributed by atoms with E-state index in [-0.39, 0.29) is 5.92 Å². The molecular weight excluding hydrogens is 506 g/mol. The standard InChI is InChI=1S/C27H31N5O5S/c1-6-18-20-24(38-23(30-20)16-7-9-27(10-8-16)35-11-12-36-27)32(25(33)37-26(2,3)4)21(18)17-13-19(34-5)22-28-15-29-31(22)14-17/h6,13-16H,1,7-12H2,2-5H3. The predicted molar refractivity (Wildman–Crippen MR) is 144 cm³/mol. The zero-order valence-corrected chi connectivity index (χ0v) is 22.8. The number of carbonyl (C=O) groups is 1. The van der Waals surface area contributed by atoms with Gasteiger partial charge in [0, 0.05) is 36.1 Å². The van der Waals surface area contributed by atoms with E-state index in [1.54, 1.807) is 22.3 Å². The third-order valence-electron chi connectivity index (χ3n) is 7.09.